The highest BCUT2D eigenvalue weighted by molar-refractivity contribution is 9.10. The third kappa shape index (κ3) is 7.30. The second kappa shape index (κ2) is 9.44. The van der Waals surface area contributed by atoms with E-state index in [0.717, 1.165) is 23.7 Å². The second-order valence-electron chi connectivity index (χ2n) is 5.71. The molecule has 1 rings (SSSR count). The minimum absolute atomic E-state index is 0. The Bertz CT molecular complexity index is 434. The Morgan fingerprint density at radius 3 is 2.48 bits per heavy atom. The Kier molecular flexibility index (Phi) is 9.18. The molecule has 0 bridgehead atoms. The maximum absolute atomic E-state index is 12.1. The summed E-state index contributed by atoms with van der Waals surface area (Å²) in [5, 5.41) is 3.01. The van der Waals surface area contributed by atoms with E-state index in [0.29, 0.717) is 6.42 Å². The van der Waals surface area contributed by atoms with Gasteiger partial charge in [0.15, 0.2) is 0 Å². The van der Waals surface area contributed by atoms with Gasteiger partial charge in [0.05, 0.1) is 5.54 Å². The highest BCUT2D eigenvalue weighted by atomic mass is 79.9. The molecule has 3 N–H and O–H groups in total. The lowest BCUT2D eigenvalue weighted by Crippen LogP contribution is -2.53. The Hall–Kier alpha value is -0.580. The van der Waals surface area contributed by atoms with Crippen molar-refractivity contribution in [1.29, 1.82) is 0 Å². The summed E-state index contributed by atoms with van der Waals surface area (Å²) in [4.78, 5) is 12.1. The largest absolute Gasteiger partial charge is 0.352 e. The van der Waals surface area contributed by atoms with Crippen LogP contribution in [0.15, 0.2) is 28.7 Å². The lowest BCUT2D eigenvalue weighted by molar-refractivity contribution is -0.126. The zero-order chi connectivity index (χ0) is 15.2. The minimum Gasteiger partial charge on any atom is -0.352 e. The predicted molar refractivity (Wildman–Crippen MR) is 94.8 cm³/mol. The molecule has 0 aliphatic carbocycles. The number of amides is 1. The molecular weight excluding hydrogens is 352 g/mol. The van der Waals surface area contributed by atoms with E-state index in [-0.39, 0.29) is 24.4 Å². The average Bonchev–Trinajstić information content (AvgIpc) is 2.38. The number of aryl methyl sites for hydroxylation is 1. The molecule has 0 aliphatic heterocycles. The first-order chi connectivity index (χ1) is 9.35. The van der Waals surface area contributed by atoms with Crippen LogP contribution in [0.5, 0.6) is 0 Å². The van der Waals surface area contributed by atoms with E-state index in [2.05, 4.69) is 33.4 Å². The molecule has 0 aliphatic rings. The van der Waals surface area contributed by atoms with Crippen molar-refractivity contribution in [3.8, 4) is 0 Å². The molecular formula is C16H26BrClN2O. The highest BCUT2D eigenvalue weighted by Crippen LogP contribution is 2.13. The van der Waals surface area contributed by atoms with Crippen LogP contribution >= 0.6 is 28.3 Å². The Morgan fingerprint density at radius 1 is 1.38 bits per heavy atom. The molecule has 0 fully saturated rings. The summed E-state index contributed by atoms with van der Waals surface area (Å²) in [6.07, 6.45) is 3.48. The predicted octanol–water partition coefficient (Wildman–Crippen LogP) is 3.83. The summed E-state index contributed by atoms with van der Waals surface area (Å²) in [5.41, 5.74) is 6.54. The third-order valence-electron chi connectivity index (χ3n) is 3.44. The van der Waals surface area contributed by atoms with Gasteiger partial charge < -0.3 is 11.1 Å². The van der Waals surface area contributed by atoms with Crippen LogP contribution < -0.4 is 11.1 Å². The fraction of sp³-hybridized carbons (Fsp3) is 0.562. The van der Waals surface area contributed by atoms with Gasteiger partial charge in [0.1, 0.15) is 0 Å². The number of rotatable bonds is 7. The lowest BCUT2D eigenvalue weighted by atomic mass is 9.96. The van der Waals surface area contributed by atoms with E-state index in [1.807, 2.05) is 26.0 Å². The van der Waals surface area contributed by atoms with E-state index in [9.17, 15) is 4.79 Å². The SMILES string of the molecule is CCCC(C)(N)C(=O)NC(C)CCc1ccc(Br)cc1.Cl. The van der Waals surface area contributed by atoms with E-state index in [1.165, 1.54) is 5.56 Å². The van der Waals surface area contributed by atoms with Gasteiger partial charge in [-0.05, 0) is 50.8 Å². The van der Waals surface area contributed by atoms with E-state index < -0.39 is 5.54 Å². The van der Waals surface area contributed by atoms with Crippen molar-refractivity contribution in [2.24, 2.45) is 5.73 Å². The molecule has 5 heteroatoms. The van der Waals surface area contributed by atoms with Crippen LogP contribution in [0, 0.1) is 0 Å². The van der Waals surface area contributed by atoms with Gasteiger partial charge >= 0.3 is 0 Å². The maximum atomic E-state index is 12.1. The van der Waals surface area contributed by atoms with Gasteiger partial charge in [0.2, 0.25) is 5.91 Å². The summed E-state index contributed by atoms with van der Waals surface area (Å²) in [6.45, 7) is 5.86. The van der Waals surface area contributed by atoms with Gasteiger partial charge in [0.25, 0.3) is 0 Å². The van der Waals surface area contributed by atoms with Crippen molar-refractivity contribution in [2.75, 3.05) is 0 Å². The molecule has 1 aromatic rings. The molecule has 2 atom stereocenters. The normalized spacial score (nSPS) is 14.7. The van der Waals surface area contributed by atoms with Gasteiger partial charge in [-0.1, -0.05) is 41.4 Å². The molecule has 0 aromatic heterocycles. The fourth-order valence-electron chi connectivity index (χ4n) is 2.13. The summed E-state index contributed by atoms with van der Waals surface area (Å²) < 4.78 is 1.08. The molecule has 1 amide bonds. The molecule has 0 saturated heterocycles. The number of carbonyl (C=O) groups is 1. The van der Waals surface area contributed by atoms with Gasteiger partial charge in [-0.15, -0.1) is 12.4 Å². The molecule has 0 heterocycles. The molecule has 120 valence electrons. The van der Waals surface area contributed by atoms with Crippen LogP contribution in [-0.2, 0) is 11.2 Å². The fourth-order valence-corrected chi connectivity index (χ4v) is 2.39. The molecule has 1 aromatic carbocycles. The first-order valence-corrected chi connectivity index (χ1v) is 7.98. The molecule has 0 radical (unpaired) electrons. The number of carbonyl (C=O) groups excluding carboxylic acids is 1. The number of hydrogen-bond donors (Lipinski definition) is 2. The van der Waals surface area contributed by atoms with Gasteiger partial charge in [-0.3, -0.25) is 4.79 Å². The Labute approximate surface area is 142 Å². The van der Waals surface area contributed by atoms with Gasteiger partial charge in [-0.25, -0.2) is 0 Å². The van der Waals surface area contributed by atoms with Gasteiger partial charge in [0, 0.05) is 10.5 Å². The summed E-state index contributed by atoms with van der Waals surface area (Å²) in [7, 11) is 0. The first-order valence-electron chi connectivity index (χ1n) is 7.19. The standard InChI is InChI=1S/C16H25BrN2O.ClH/c1-4-11-16(3,18)15(20)19-12(2)5-6-13-7-9-14(17)10-8-13;/h7-10,12H,4-6,11,18H2,1-3H3,(H,19,20);1H. The molecule has 0 spiro atoms. The van der Waals surface area contributed by atoms with E-state index in [1.54, 1.807) is 6.92 Å². The summed E-state index contributed by atoms with van der Waals surface area (Å²) in [6, 6.07) is 8.41. The van der Waals surface area contributed by atoms with E-state index in [4.69, 9.17) is 5.73 Å². The number of nitrogens with one attached hydrogen (secondary N) is 1. The molecule has 2 unspecified atom stereocenters. The zero-order valence-corrected chi connectivity index (χ0v) is 15.4. The van der Waals surface area contributed by atoms with Crippen molar-refractivity contribution < 1.29 is 4.79 Å². The van der Waals surface area contributed by atoms with Gasteiger partial charge in [-0.2, -0.15) is 0 Å². The van der Waals surface area contributed by atoms with Crippen LogP contribution in [0.4, 0.5) is 0 Å². The molecule has 0 saturated carbocycles. The van der Waals surface area contributed by atoms with Crippen molar-refractivity contribution in [2.45, 2.75) is 58.0 Å². The highest BCUT2D eigenvalue weighted by Gasteiger charge is 2.27. The molecule has 21 heavy (non-hydrogen) atoms. The van der Waals surface area contributed by atoms with Crippen molar-refractivity contribution in [3.63, 3.8) is 0 Å². The van der Waals surface area contributed by atoms with Crippen LogP contribution in [0.1, 0.15) is 45.6 Å². The monoisotopic (exact) mass is 376 g/mol. The van der Waals surface area contributed by atoms with Crippen molar-refractivity contribution in [3.05, 3.63) is 34.3 Å². The van der Waals surface area contributed by atoms with Crippen LogP contribution in [0.2, 0.25) is 0 Å². The summed E-state index contributed by atoms with van der Waals surface area (Å²) in [5.74, 6) is -0.0531. The topological polar surface area (TPSA) is 55.1 Å². The van der Waals surface area contributed by atoms with E-state index >= 15 is 0 Å². The van der Waals surface area contributed by atoms with Crippen molar-refractivity contribution in [1.82, 2.24) is 5.32 Å². The summed E-state index contributed by atoms with van der Waals surface area (Å²) >= 11 is 3.42. The van der Waals surface area contributed by atoms with Crippen LogP contribution in [-0.4, -0.2) is 17.5 Å². The van der Waals surface area contributed by atoms with Crippen LogP contribution in [0.25, 0.3) is 0 Å². The minimum atomic E-state index is -0.763. The number of nitrogens with two attached hydrogens (primary N) is 1. The Morgan fingerprint density at radius 2 is 1.95 bits per heavy atom. The number of benzene rings is 1. The van der Waals surface area contributed by atoms with Crippen LogP contribution in [0.3, 0.4) is 0 Å². The number of halogens is 2. The first kappa shape index (κ1) is 20.4. The lowest BCUT2D eigenvalue weighted by Gasteiger charge is -2.25. The Balaban J connectivity index is 0.00000400. The third-order valence-corrected chi connectivity index (χ3v) is 3.97. The quantitative estimate of drug-likeness (QED) is 0.759. The molecule has 3 nitrogen and oxygen atoms in total. The number of hydrogen-bond acceptors (Lipinski definition) is 2. The second-order valence-corrected chi connectivity index (χ2v) is 6.62. The van der Waals surface area contributed by atoms with Crippen molar-refractivity contribution >= 4 is 34.2 Å². The zero-order valence-electron chi connectivity index (χ0n) is 13.0. The maximum Gasteiger partial charge on any atom is 0.240 e. The average molecular weight is 378 g/mol. The smallest absolute Gasteiger partial charge is 0.240 e.